The zero-order chi connectivity index (χ0) is 9.94. The molecule has 0 bridgehead atoms. The van der Waals surface area contributed by atoms with Crippen molar-refractivity contribution in [3.63, 3.8) is 0 Å². The van der Waals surface area contributed by atoms with Gasteiger partial charge in [0.1, 0.15) is 0 Å². The Morgan fingerprint density at radius 2 is 1.85 bits per heavy atom. The molecule has 0 aromatic heterocycles. The minimum Gasteiger partial charge on any atom is -0.383 e. The fourth-order valence-electron chi connectivity index (χ4n) is 0.904. The van der Waals surface area contributed by atoms with Crippen molar-refractivity contribution in [3.05, 3.63) is 0 Å². The van der Waals surface area contributed by atoms with E-state index in [9.17, 15) is 0 Å². The Bertz CT molecular complexity index is 101. The molecule has 0 rings (SSSR count). The molecule has 1 unspecified atom stereocenters. The van der Waals surface area contributed by atoms with Crippen molar-refractivity contribution < 1.29 is 14.2 Å². The lowest BCUT2D eigenvalue weighted by molar-refractivity contribution is 0.0320. The van der Waals surface area contributed by atoms with E-state index < -0.39 is 0 Å². The first-order chi connectivity index (χ1) is 6.35. The van der Waals surface area contributed by atoms with E-state index in [2.05, 4.69) is 5.32 Å². The fraction of sp³-hybridized carbons (Fsp3) is 1.00. The number of methoxy groups -OCH3 is 1. The third-order valence-corrected chi connectivity index (χ3v) is 1.67. The molecule has 1 atom stereocenters. The van der Waals surface area contributed by atoms with Crippen molar-refractivity contribution in [1.29, 1.82) is 0 Å². The van der Waals surface area contributed by atoms with Crippen LogP contribution < -0.4 is 5.32 Å². The molecule has 4 heteroatoms. The normalized spacial score (nSPS) is 13.2. The number of nitrogens with one attached hydrogen (secondary N) is 1. The zero-order valence-electron chi connectivity index (χ0n) is 8.84. The molecular formula is C9H21NO3. The second kappa shape index (κ2) is 9.92. The van der Waals surface area contributed by atoms with Crippen LogP contribution in [0.3, 0.4) is 0 Å². The van der Waals surface area contributed by atoms with E-state index in [0.29, 0.717) is 26.4 Å². The largest absolute Gasteiger partial charge is 0.383 e. The van der Waals surface area contributed by atoms with Crippen molar-refractivity contribution in [1.82, 2.24) is 5.32 Å². The van der Waals surface area contributed by atoms with Crippen LogP contribution >= 0.6 is 0 Å². The van der Waals surface area contributed by atoms with Crippen LogP contribution in [0.4, 0.5) is 0 Å². The minimum absolute atomic E-state index is 0.270. The molecular weight excluding hydrogens is 170 g/mol. The van der Waals surface area contributed by atoms with Crippen LogP contribution in [-0.4, -0.2) is 53.2 Å². The summed E-state index contributed by atoms with van der Waals surface area (Å²) in [5.74, 6) is 0. The number of hydrogen-bond donors (Lipinski definition) is 1. The van der Waals surface area contributed by atoms with Gasteiger partial charge < -0.3 is 19.5 Å². The first-order valence-corrected chi connectivity index (χ1v) is 4.66. The Balaban J connectivity index is 3.17. The van der Waals surface area contributed by atoms with Gasteiger partial charge in [0.2, 0.25) is 0 Å². The van der Waals surface area contributed by atoms with Crippen molar-refractivity contribution in [2.45, 2.75) is 13.0 Å². The van der Waals surface area contributed by atoms with E-state index in [1.165, 1.54) is 0 Å². The lowest BCUT2D eigenvalue weighted by atomic mass is 10.3. The molecule has 0 spiro atoms. The molecule has 0 aliphatic heterocycles. The zero-order valence-corrected chi connectivity index (χ0v) is 8.84. The van der Waals surface area contributed by atoms with Crippen LogP contribution in [0.5, 0.6) is 0 Å². The Morgan fingerprint density at radius 1 is 1.15 bits per heavy atom. The molecule has 0 aromatic rings. The van der Waals surface area contributed by atoms with Gasteiger partial charge in [-0.05, 0) is 14.0 Å². The molecule has 4 nitrogen and oxygen atoms in total. The summed E-state index contributed by atoms with van der Waals surface area (Å²) in [4.78, 5) is 0. The van der Waals surface area contributed by atoms with Crippen LogP contribution in [0.15, 0.2) is 0 Å². The number of hydrogen-bond acceptors (Lipinski definition) is 4. The number of ether oxygens (including phenoxy) is 3. The van der Waals surface area contributed by atoms with Crippen LogP contribution in [0.2, 0.25) is 0 Å². The molecule has 1 N–H and O–H groups in total. The third kappa shape index (κ3) is 8.18. The maximum Gasteiger partial charge on any atom is 0.0701 e. The molecule has 0 fully saturated rings. The maximum atomic E-state index is 5.37. The Labute approximate surface area is 80.5 Å². The highest BCUT2D eigenvalue weighted by Crippen LogP contribution is 1.86. The number of likely N-dealkylation sites (N-methyl/N-ethyl adjacent to an activating group) is 1. The highest BCUT2D eigenvalue weighted by Gasteiger charge is 2.04. The van der Waals surface area contributed by atoms with E-state index >= 15 is 0 Å². The van der Waals surface area contributed by atoms with Gasteiger partial charge in [-0.15, -0.1) is 0 Å². The van der Waals surface area contributed by atoms with Gasteiger partial charge in [-0.3, -0.25) is 0 Å². The van der Waals surface area contributed by atoms with Crippen LogP contribution in [0, 0.1) is 0 Å². The summed E-state index contributed by atoms with van der Waals surface area (Å²) in [5, 5.41) is 3.10. The fourth-order valence-corrected chi connectivity index (χ4v) is 0.904. The summed E-state index contributed by atoms with van der Waals surface area (Å²) in [5.41, 5.74) is 0. The maximum absolute atomic E-state index is 5.37. The molecule has 0 aromatic carbocycles. The van der Waals surface area contributed by atoms with Crippen molar-refractivity contribution in [3.8, 4) is 0 Å². The summed E-state index contributed by atoms with van der Waals surface area (Å²) in [6, 6.07) is 0.270. The van der Waals surface area contributed by atoms with Crippen LogP contribution in [0.1, 0.15) is 6.92 Å². The standard InChI is InChI=1S/C9H21NO3/c1-4-12-5-6-13-8-9(10-2)7-11-3/h9-10H,4-8H2,1-3H3. The molecule has 0 amide bonds. The van der Waals surface area contributed by atoms with E-state index in [0.717, 1.165) is 6.61 Å². The van der Waals surface area contributed by atoms with E-state index in [4.69, 9.17) is 14.2 Å². The second-order valence-electron chi connectivity index (χ2n) is 2.71. The van der Waals surface area contributed by atoms with Gasteiger partial charge >= 0.3 is 0 Å². The summed E-state index contributed by atoms with van der Waals surface area (Å²) in [6.07, 6.45) is 0. The van der Waals surface area contributed by atoms with E-state index in [1.807, 2.05) is 14.0 Å². The molecule has 0 saturated carbocycles. The first-order valence-electron chi connectivity index (χ1n) is 4.66. The average molecular weight is 191 g/mol. The smallest absolute Gasteiger partial charge is 0.0701 e. The molecule has 13 heavy (non-hydrogen) atoms. The second-order valence-corrected chi connectivity index (χ2v) is 2.71. The minimum atomic E-state index is 0.270. The lowest BCUT2D eigenvalue weighted by Crippen LogP contribution is -2.34. The van der Waals surface area contributed by atoms with Crippen LogP contribution in [0.25, 0.3) is 0 Å². The van der Waals surface area contributed by atoms with E-state index in [1.54, 1.807) is 7.11 Å². The Kier molecular flexibility index (Phi) is 9.80. The summed E-state index contributed by atoms with van der Waals surface area (Å²) in [6.45, 7) is 5.37. The predicted octanol–water partition coefficient (Wildman–Crippen LogP) is 0.274. The molecule has 0 aliphatic carbocycles. The summed E-state index contributed by atoms with van der Waals surface area (Å²) in [7, 11) is 3.58. The summed E-state index contributed by atoms with van der Waals surface area (Å²) >= 11 is 0. The monoisotopic (exact) mass is 191 g/mol. The first kappa shape index (κ1) is 12.8. The van der Waals surface area contributed by atoms with Gasteiger partial charge in [0, 0.05) is 13.7 Å². The van der Waals surface area contributed by atoms with Crippen molar-refractivity contribution in [2.24, 2.45) is 0 Å². The molecule has 0 heterocycles. The van der Waals surface area contributed by atoms with Crippen molar-refractivity contribution in [2.75, 3.05) is 47.2 Å². The van der Waals surface area contributed by atoms with Gasteiger partial charge in [-0.2, -0.15) is 0 Å². The SMILES string of the molecule is CCOCCOCC(COC)NC. The Hall–Kier alpha value is -0.160. The highest BCUT2D eigenvalue weighted by molar-refractivity contribution is 4.61. The van der Waals surface area contributed by atoms with Gasteiger partial charge in [0.25, 0.3) is 0 Å². The van der Waals surface area contributed by atoms with Crippen molar-refractivity contribution >= 4 is 0 Å². The van der Waals surface area contributed by atoms with Gasteiger partial charge in [-0.25, -0.2) is 0 Å². The van der Waals surface area contributed by atoms with E-state index in [-0.39, 0.29) is 6.04 Å². The van der Waals surface area contributed by atoms with Gasteiger partial charge in [0.05, 0.1) is 32.5 Å². The third-order valence-electron chi connectivity index (χ3n) is 1.67. The predicted molar refractivity (Wildman–Crippen MR) is 52.0 cm³/mol. The lowest BCUT2D eigenvalue weighted by Gasteiger charge is -2.14. The highest BCUT2D eigenvalue weighted by atomic mass is 16.5. The average Bonchev–Trinajstić information content (AvgIpc) is 2.16. The molecule has 80 valence electrons. The van der Waals surface area contributed by atoms with Gasteiger partial charge in [0.15, 0.2) is 0 Å². The molecule has 0 saturated heterocycles. The number of rotatable bonds is 9. The van der Waals surface area contributed by atoms with Gasteiger partial charge in [-0.1, -0.05) is 0 Å². The topological polar surface area (TPSA) is 39.7 Å². The Morgan fingerprint density at radius 3 is 2.38 bits per heavy atom. The quantitative estimate of drug-likeness (QED) is 0.531. The molecule has 0 radical (unpaired) electrons. The van der Waals surface area contributed by atoms with Crippen LogP contribution in [-0.2, 0) is 14.2 Å². The molecule has 0 aliphatic rings. The summed E-state index contributed by atoms with van der Waals surface area (Å²) < 4.78 is 15.5.